The second kappa shape index (κ2) is 7.54. The first-order valence-corrected chi connectivity index (χ1v) is 9.66. The van der Waals surface area contributed by atoms with E-state index in [1.54, 1.807) is 11.5 Å². The summed E-state index contributed by atoms with van der Waals surface area (Å²) in [6.45, 7) is 4.95. The largest absolute Gasteiger partial charge is 0.481 e. The van der Waals surface area contributed by atoms with Crippen LogP contribution in [0.3, 0.4) is 0 Å². The maximum Gasteiger partial charge on any atom is 0.420 e. The van der Waals surface area contributed by atoms with E-state index in [9.17, 15) is 9.59 Å². The Balaban J connectivity index is 1.44. The number of amides is 1. The fourth-order valence-corrected chi connectivity index (χ4v) is 3.94. The van der Waals surface area contributed by atoms with Gasteiger partial charge >= 0.3 is 5.76 Å². The predicted octanol–water partition coefficient (Wildman–Crippen LogP) is 3.53. The van der Waals surface area contributed by atoms with Crippen molar-refractivity contribution in [2.24, 2.45) is 0 Å². The van der Waals surface area contributed by atoms with E-state index >= 15 is 0 Å². The number of carbonyl (C=O) groups excluding carboxylic acids is 1. The average Bonchev–Trinajstić information content (AvgIpc) is 3.05. The number of nitrogens with zero attached hydrogens (tertiary/aromatic N) is 2. The molecule has 0 spiro atoms. The number of likely N-dealkylation sites (tertiary alicyclic amines) is 1. The maximum atomic E-state index is 12.7. The highest BCUT2D eigenvalue weighted by Crippen LogP contribution is 2.28. The first-order chi connectivity index (χ1) is 13.5. The molecule has 28 heavy (non-hydrogen) atoms. The van der Waals surface area contributed by atoms with Gasteiger partial charge in [0.05, 0.1) is 5.52 Å². The van der Waals surface area contributed by atoms with Crippen LogP contribution in [-0.2, 0) is 4.79 Å². The molecule has 0 radical (unpaired) electrons. The zero-order chi connectivity index (χ0) is 19.7. The molecule has 0 saturated carbocycles. The van der Waals surface area contributed by atoms with Crippen LogP contribution in [0.1, 0.15) is 31.4 Å². The number of hydrogen-bond acceptors (Lipinski definition) is 4. The zero-order valence-corrected chi connectivity index (χ0v) is 16.1. The summed E-state index contributed by atoms with van der Waals surface area (Å²) in [6, 6.07) is 15.1. The van der Waals surface area contributed by atoms with Crippen LogP contribution in [0.15, 0.2) is 57.7 Å². The Morgan fingerprint density at radius 2 is 1.82 bits per heavy atom. The van der Waals surface area contributed by atoms with Crippen LogP contribution in [0, 0.1) is 6.92 Å². The quantitative estimate of drug-likeness (QED) is 0.695. The summed E-state index contributed by atoms with van der Waals surface area (Å²) >= 11 is 0. The lowest BCUT2D eigenvalue weighted by Gasteiger charge is -2.33. The number of oxazole rings is 1. The van der Waals surface area contributed by atoms with Gasteiger partial charge in [0.25, 0.3) is 5.91 Å². The van der Waals surface area contributed by atoms with Crippen LogP contribution in [-0.4, -0.2) is 34.6 Å². The second-order valence-electron chi connectivity index (χ2n) is 7.29. The van der Waals surface area contributed by atoms with Gasteiger partial charge < -0.3 is 14.1 Å². The molecule has 1 atom stereocenters. The molecule has 1 amide bonds. The molecule has 0 N–H and O–H groups in total. The second-order valence-corrected chi connectivity index (χ2v) is 7.29. The first-order valence-electron chi connectivity index (χ1n) is 9.66. The lowest BCUT2D eigenvalue weighted by atomic mass is 10.0. The Morgan fingerprint density at radius 3 is 2.54 bits per heavy atom. The lowest BCUT2D eigenvalue weighted by molar-refractivity contribution is -0.139. The van der Waals surface area contributed by atoms with Crippen LogP contribution in [0.25, 0.3) is 11.1 Å². The third kappa shape index (κ3) is 3.42. The Labute approximate surface area is 163 Å². The van der Waals surface area contributed by atoms with Gasteiger partial charge in [-0.1, -0.05) is 30.3 Å². The number of ether oxygens (including phenoxy) is 1. The molecule has 2 heterocycles. The minimum atomic E-state index is -0.543. The van der Waals surface area contributed by atoms with E-state index in [-0.39, 0.29) is 17.7 Å². The normalized spacial score (nSPS) is 16.3. The van der Waals surface area contributed by atoms with Crippen molar-refractivity contribution in [3.63, 3.8) is 0 Å². The highest BCUT2D eigenvalue weighted by atomic mass is 16.5. The van der Waals surface area contributed by atoms with Crippen molar-refractivity contribution in [1.29, 1.82) is 0 Å². The van der Waals surface area contributed by atoms with Crippen LogP contribution in [0.2, 0.25) is 0 Å². The Morgan fingerprint density at radius 1 is 1.11 bits per heavy atom. The number of piperidine rings is 1. The molecule has 1 aliphatic rings. The molecule has 1 saturated heterocycles. The molecule has 1 aliphatic heterocycles. The maximum absolute atomic E-state index is 12.7. The highest BCUT2D eigenvalue weighted by molar-refractivity contribution is 5.81. The van der Waals surface area contributed by atoms with Gasteiger partial charge in [-0.25, -0.2) is 4.79 Å². The molecule has 6 nitrogen and oxygen atoms in total. The van der Waals surface area contributed by atoms with Crippen molar-refractivity contribution >= 4 is 17.0 Å². The summed E-state index contributed by atoms with van der Waals surface area (Å²) in [5.74, 6) is 0.336. The topological polar surface area (TPSA) is 64.7 Å². The smallest absolute Gasteiger partial charge is 0.420 e. The Bertz CT molecular complexity index is 1030. The minimum absolute atomic E-state index is 0.0251. The third-order valence-electron chi connectivity index (χ3n) is 5.38. The molecule has 0 aliphatic carbocycles. The van der Waals surface area contributed by atoms with Gasteiger partial charge in [0.2, 0.25) is 0 Å². The number of hydrogen-bond donors (Lipinski definition) is 0. The molecule has 1 unspecified atom stereocenters. The van der Waals surface area contributed by atoms with Crippen molar-refractivity contribution in [3.05, 3.63) is 64.6 Å². The third-order valence-corrected chi connectivity index (χ3v) is 5.38. The zero-order valence-electron chi connectivity index (χ0n) is 16.1. The van der Waals surface area contributed by atoms with E-state index in [2.05, 4.69) is 0 Å². The van der Waals surface area contributed by atoms with E-state index in [0.29, 0.717) is 37.3 Å². The number of fused-ring (bicyclic) bond motifs is 1. The molecule has 1 aromatic heterocycles. The number of aromatic nitrogens is 1. The van der Waals surface area contributed by atoms with Crippen LogP contribution < -0.4 is 10.5 Å². The van der Waals surface area contributed by atoms with Crippen molar-refractivity contribution in [3.8, 4) is 5.75 Å². The molecule has 3 aromatic rings. The lowest BCUT2D eigenvalue weighted by Crippen LogP contribution is -2.45. The minimum Gasteiger partial charge on any atom is -0.481 e. The van der Waals surface area contributed by atoms with Gasteiger partial charge in [0.15, 0.2) is 11.7 Å². The van der Waals surface area contributed by atoms with Gasteiger partial charge in [-0.3, -0.25) is 9.36 Å². The standard InChI is InChI=1S/C22H24N2O4/c1-15-7-6-10-19-20(15)24(22(26)28-19)17-11-13-23(14-12-17)21(25)16(2)27-18-8-4-3-5-9-18/h3-10,16-17H,11-14H2,1-2H3. The summed E-state index contributed by atoms with van der Waals surface area (Å²) in [6.07, 6.45) is 0.887. The molecule has 4 rings (SSSR count). The van der Waals surface area contributed by atoms with E-state index in [1.807, 2.05) is 60.4 Å². The van der Waals surface area contributed by atoms with Gasteiger partial charge in [0, 0.05) is 19.1 Å². The first kappa shape index (κ1) is 18.3. The predicted molar refractivity (Wildman–Crippen MR) is 107 cm³/mol. The summed E-state index contributed by atoms with van der Waals surface area (Å²) in [5.41, 5.74) is 2.50. The molecule has 2 aromatic carbocycles. The Kier molecular flexibility index (Phi) is 4.94. The molecule has 6 heteroatoms. The molecule has 1 fully saturated rings. The number of aryl methyl sites for hydroxylation is 1. The summed E-state index contributed by atoms with van der Waals surface area (Å²) in [5, 5.41) is 0. The van der Waals surface area contributed by atoms with Crippen molar-refractivity contribution in [2.75, 3.05) is 13.1 Å². The fourth-order valence-electron chi connectivity index (χ4n) is 3.94. The van der Waals surface area contributed by atoms with Crippen molar-refractivity contribution in [1.82, 2.24) is 9.47 Å². The number of para-hydroxylation sites is 2. The van der Waals surface area contributed by atoms with Crippen LogP contribution in [0.4, 0.5) is 0 Å². The van der Waals surface area contributed by atoms with E-state index in [0.717, 1.165) is 11.1 Å². The van der Waals surface area contributed by atoms with Gasteiger partial charge in [-0.05, 0) is 50.5 Å². The highest BCUT2D eigenvalue weighted by Gasteiger charge is 2.29. The summed E-state index contributed by atoms with van der Waals surface area (Å²) in [7, 11) is 0. The average molecular weight is 380 g/mol. The summed E-state index contributed by atoms with van der Waals surface area (Å²) < 4.78 is 12.9. The SMILES string of the molecule is Cc1cccc2oc(=O)n(C3CCN(C(=O)C(C)Oc4ccccc4)CC3)c12. The van der Waals surface area contributed by atoms with Crippen LogP contribution >= 0.6 is 0 Å². The van der Waals surface area contributed by atoms with Crippen LogP contribution in [0.5, 0.6) is 5.75 Å². The van der Waals surface area contributed by atoms with Crippen molar-refractivity contribution < 1.29 is 13.9 Å². The Hall–Kier alpha value is -3.02. The molecule has 0 bridgehead atoms. The van der Waals surface area contributed by atoms with E-state index in [4.69, 9.17) is 9.15 Å². The van der Waals surface area contributed by atoms with E-state index < -0.39 is 6.10 Å². The van der Waals surface area contributed by atoms with Gasteiger partial charge in [-0.15, -0.1) is 0 Å². The number of benzene rings is 2. The van der Waals surface area contributed by atoms with Gasteiger partial charge in [-0.2, -0.15) is 0 Å². The molecular weight excluding hydrogens is 356 g/mol. The monoisotopic (exact) mass is 380 g/mol. The number of rotatable bonds is 4. The van der Waals surface area contributed by atoms with E-state index in [1.165, 1.54) is 0 Å². The fraction of sp³-hybridized carbons (Fsp3) is 0.364. The molecular formula is C22H24N2O4. The van der Waals surface area contributed by atoms with Gasteiger partial charge in [0.1, 0.15) is 5.75 Å². The number of carbonyl (C=O) groups is 1. The van der Waals surface area contributed by atoms with Crippen molar-refractivity contribution in [2.45, 2.75) is 38.8 Å². The summed E-state index contributed by atoms with van der Waals surface area (Å²) in [4.78, 5) is 27.0. The molecule has 146 valence electrons.